The molecule has 1 unspecified atom stereocenters. The number of aromatic nitrogens is 2. The van der Waals surface area contributed by atoms with Crippen LogP contribution in [0, 0.1) is 11.6 Å². The van der Waals surface area contributed by atoms with E-state index in [-0.39, 0.29) is 22.1 Å². The Morgan fingerprint density at radius 3 is 2.78 bits per heavy atom. The number of hydrogen-bond acceptors (Lipinski definition) is 5. The fourth-order valence-corrected chi connectivity index (χ4v) is 4.80. The molecule has 0 aliphatic heterocycles. The number of carbonyl (C=O) groups excluding carboxylic acids is 1. The molecule has 2 aromatic carbocycles. The van der Waals surface area contributed by atoms with Gasteiger partial charge in [0, 0.05) is 16.0 Å². The second-order valence-electron chi connectivity index (χ2n) is 6.85. The summed E-state index contributed by atoms with van der Waals surface area (Å²) in [5.74, 6) is -1.96. The van der Waals surface area contributed by atoms with Crippen molar-refractivity contribution < 1.29 is 13.6 Å². The fourth-order valence-electron chi connectivity index (χ4n) is 3.03. The molecule has 0 spiro atoms. The number of carbonyl (C=O) groups is 1. The van der Waals surface area contributed by atoms with Gasteiger partial charge in [-0.15, -0.1) is 11.3 Å². The maximum atomic E-state index is 14.6. The third kappa shape index (κ3) is 4.69. The zero-order valence-electron chi connectivity index (χ0n) is 16.6. The van der Waals surface area contributed by atoms with Crippen molar-refractivity contribution in [3.05, 3.63) is 85.8 Å². The molecule has 2 heterocycles. The number of halogens is 3. The van der Waals surface area contributed by atoms with E-state index in [9.17, 15) is 18.4 Å². The highest BCUT2D eigenvalue weighted by atomic mass is 35.5. The molecule has 10 heteroatoms. The molecule has 0 saturated heterocycles. The molecule has 4 rings (SSSR count). The summed E-state index contributed by atoms with van der Waals surface area (Å²) in [6, 6.07) is 11.3. The number of rotatable bonds is 6. The number of thioether (sulfide) groups is 1. The Morgan fingerprint density at radius 1 is 1.25 bits per heavy atom. The van der Waals surface area contributed by atoms with E-state index in [2.05, 4.69) is 10.3 Å². The van der Waals surface area contributed by atoms with E-state index in [1.807, 2.05) is 17.5 Å². The largest absolute Gasteiger partial charge is 0.350 e. The molecule has 0 saturated carbocycles. The second-order valence-corrected chi connectivity index (χ2v) is 9.63. The summed E-state index contributed by atoms with van der Waals surface area (Å²) in [5, 5.41) is 4.73. The first-order valence-electron chi connectivity index (χ1n) is 9.48. The molecule has 4 aromatic rings. The molecule has 1 atom stereocenters. The van der Waals surface area contributed by atoms with Gasteiger partial charge in [-0.25, -0.2) is 13.8 Å². The molecule has 0 aliphatic rings. The molecule has 0 aliphatic carbocycles. The quantitative estimate of drug-likeness (QED) is 0.298. The van der Waals surface area contributed by atoms with E-state index in [4.69, 9.17) is 11.6 Å². The van der Waals surface area contributed by atoms with Crippen LogP contribution in [-0.2, 0) is 11.3 Å². The molecule has 5 nitrogen and oxygen atoms in total. The van der Waals surface area contributed by atoms with Gasteiger partial charge in [-0.05, 0) is 48.7 Å². The Kier molecular flexibility index (Phi) is 6.59. The minimum absolute atomic E-state index is 0.106. The van der Waals surface area contributed by atoms with E-state index in [1.54, 1.807) is 19.1 Å². The van der Waals surface area contributed by atoms with Crippen molar-refractivity contribution in [3.63, 3.8) is 0 Å². The van der Waals surface area contributed by atoms with Crippen LogP contribution in [0.15, 0.2) is 63.9 Å². The average Bonchev–Trinajstić information content (AvgIpc) is 3.27. The molecule has 1 N–H and O–H groups in total. The van der Waals surface area contributed by atoms with Crippen molar-refractivity contribution in [2.45, 2.75) is 23.9 Å². The summed E-state index contributed by atoms with van der Waals surface area (Å²) in [4.78, 5) is 31.4. The second kappa shape index (κ2) is 9.40. The van der Waals surface area contributed by atoms with Gasteiger partial charge in [-0.1, -0.05) is 29.4 Å². The number of nitrogens with one attached hydrogen (secondary N) is 1. The summed E-state index contributed by atoms with van der Waals surface area (Å²) < 4.78 is 29.1. The van der Waals surface area contributed by atoms with Gasteiger partial charge in [0.15, 0.2) is 5.16 Å². The lowest BCUT2D eigenvalue weighted by atomic mass is 10.2. The van der Waals surface area contributed by atoms with Crippen LogP contribution in [0.25, 0.3) is 16.6 Å². The van der Waals surface area contributed by atoms with Crippen molar-refractivity contribution in [3.8, 4) is 5.69 Å². The third-order valence-electron chi connectivity index (χ3n) is 4.62. The van der Waals surface area contributed by atoms with Crippen LogP contribution >= 0.6 is 34.7 Å². The van der Waals surface area contributed by atoms with Gasteiger partial charge in [0.1, 0.15) is 11.6 Å². The van der Waals surface area contributed by atoms with Gasteiger partial charge in [-0.2, -0.15) is 0 Å². The van der Waals surface area contributed by atoms with Crippen molar-refractivity contribution in [1.82, 2.24) is 14.9 Å². The van der Waals surface area contributed by atoms with E-state index >= 15 is 0 Å². The van der Waals surface area contributed by atoms with Gasteiger partial charge in [0.05, 0.1) is 28.4 Å². The predicted molar refractivity (Wildman–Crippen MR) is 124 cm³/mol. The molecule has 1 amide bonds. The number of hydrogen-bond donors (Lipinski definition) is 1. The average molecular weight is 492 g/mol. The highest BCUT2D eigenvalue weighted by molar-refractivity contribution is 8.00. The maximum Gasteiger partial charge on any atom is 0.266 e. The van der Waals surface area contributed by atoms with Gasteiger partial charge in [0.2, 0.25) is 5.91 Å². The lowest BCUT2D eigenvalue weighted by Gasteiger charge is -2.17. The van der Waals surface area contributed by atoms with Gasteiger partial charge in [0.25, 0.3) is 5.56 Å². The van der Waals surface area contributed by atoms with Crippen LogP contribution in [0.1, 0.15) is 11.8 Å². The highest BCUT2D eigenvalue weighted by Gasteiger charge is 2.22. The number of nitrogens with zero attached hydrogens (tertiary/aromatic N) is 2. The minimum atomic E-state index is -0.924. The normalized spacial score (nSPS) is 12.1. The lowest BCUT2D eigenvalue weighted by Crippen LogP contribution is -2.31. The first-order valence-corrected chi connectivity index (χ1v) is 11.6. The fraction of sp³-hybridized carbons (Fsp3) is 0.136. The molecule has 2 aromatic heterocycles. The Balaban J connectivity index is 1.74. The Morgan fingerprint density at radius 2 is 2.06 bits per heavy atom. The Hall–Kier alpha value is -2.75. The zero-order chi connectivity index (χ0) is 22.8. The summed E-state index contributed by atoms with van der Waals surface area (Å²) in [5.41, 5.74) is -0.386. The Bertz CT molecular complexity index is 1360. The van der Waals surface area contributed by atoms with Crippen molar-refractivity contribution >= 4 is 51.5 Å². The summed E-state index contributed by atoms with van der Waals surface area (Å²) in [6.07, 6.45) is 0. The lowest BCUT2D eigenvalue weighted by molar-refractivity contribution is -0.120. The monoisotopic (exact) mass is 491 g/mol. The van der Waals surface area contributed by atoms with Crippen LogP contribution < -0.4 is 10.9 Å². The molecule has 0 fully saturated rings. The number of fused-ring (bicyclic) bond motifs is 1. The first kappa shape index (κ1) is 22.4. The minimum Gasteiger partial charge on any atom is -0.350 e. The molecule has 32 heavy (non-hydrogen) atoms. The Labute approximate surface area is 195 Å². The highest BCUT2D eigenvalue weighted by Crippen LogP contribution is 2.27. The standard InChI is InChI=1S/C22H16ClF2N3O2S2/c1-12(20(29)26-11-15-3-2-8-31-15)32-22-27-18-6-4-13(23)9-16(18)21(30)28(22)19-7-5-14(24)10-17(19)25/h2-10,12H,11H2,1H3,(H,26,29). The van der Waals surface area contributed by atoms with E-state index in [0.717, 1.165) is 33.3 Å². The number of benzene rings is 2. The molecular weight excluding hydrogens is 476 g/mol. The van der Waals surface area contributed by atoms with Gasteiger partial charge in [-0.3, -0.25) is 14.2 Å². The van der Waals surface area contributed by atoms with Crippen molar-refractivity contribution in [2.75, 3.05) is 0 Å². The molecule has 0 radical (unpaired) electrons. The van der Waals surface area contributed by atoms with Crippen molar-refractivity contribution in [1.29, 1.82) is 0 Å². The topological polar surface area (TPSA) is 64.0 Å². The SMILES string of the molecule is CC(Sc1nc2ccc(Cl)cc2c(=O)n1-c1ccc(F)cc1F)C(=O)NCc1cccs1. The van der Waals surface area contributed by atoms with Crippen LogP contribution in [0.2, 0.25) is 5.02 Å². The summed E-state index contributed by atoms with van der Waals surface area (Å²) in [6.45, 7) is 2.04. The van der Waals surface area contributed by atoms with Crippen LogP contribution in [0.5, 0.6) is 0 Å². The molecule has 0 bridgehead atoms. The van der Waals surface area contributed by atoms with Crippen molar-refractivity contribution in [2.24, 2.45) is 0 Å². The molecule has 164 valence electrons. The number of thiophene rings is 1. The smallest absolute Gasteiger partial charge is 0.266 e. The summed E-state index contributed by atoms with van der Waals surface area (Å²) in [7, 11) is 0. The third-order valence-corrected chi connectivity index (χ3v) is 6.78. The predicted octanol–water partition coefficient (Wildman–Crippen LogP) is 5.18. The van der Waals surface area contributed by atoms with Gasteiger partial charge >= 0.3 is 0 Å². The van der Waals surface area contributed by atoms with Crippen LogP contribution in [-0.4, -0.2) is 20.7 Å². The van der Waals surface area contributed by atoms with Gasteiger partial charge < -0.3 is 5.32 Å². The van der Waals surface area contributed by atoms with Crippen LogP contribution in [0.4, 0.5) is 8.78 Å². The van der Waals surface area contributed by atoms with Crippen LogP contribution in [0.3, 0.4) is 0 Å². The van der Waals surface area contributed by atoms with E-state index < -0.39 is 22.4 Å². The molecular formula is C22H16ClF2N3O2S2. The first-order chi connectivity index (χ1) is 15.3. The summed E-state index contributed by atoms with van der Waals surface area (Å²) >= 11 is 8.56. The van der Waals surface area contributed by atoms with E-state index in [0.29, 0.717) is 23.2 Å². The number of amides is 1. The van der Waals surface area contributed by atoms with E-state index in [1.165, 1.54) is 17.4 Å². The maximum absolute atomic E-state index is 14.6. The zero-order valence-corrected chi connectivity index (χ0v) is 19.0.